The van der Waals surface area contributed by atoms with Crippen LogP contribution in [0.3, 0.4) is 0 Å². The van der Waals surface area contributed by atoms with Crippen molar-refractivity contribution in [3.8, 4) is 17.5 Å². The van der Waals surface area contributed by atoms with Crippen molar-refractivity contribution in [3.05, 3.63) is 29.3 Å². The maximum Gasteiger partial charge on any atom is 0.249 e. The standard InChI is InChI=1S/C15H17ClN6O/c1-3-13(15(23)21(2)10-4-9-17)22-19-14(18-20-22)11-5-7-12(16)8-6-11/h5-8,13H,3-4,10H2,1-2H3. The molecule has 0 radical (unpaired) electrons. The van der Waals surface area contributed by atoms with Gasteiger partial charge < -0.3 is 4.90 Å². The Hall–Kier alpha value is -2.46. The van der Waals surface area contributed by atoms with Gasteiger partial charge in [-0.25, -0.2) is 0 Å². The molecular weight excluding hydrogens is 316 g/mol. The normalized spacial score (nSPS) is 11.7. The number of nitrogens with zero attached hydrogens (tertiary/aromatic N) is 6. The monoisotopic (exact) mass is 332 g/mol. The number of benzene rings is 1. The molecule has 2 rings (SSSR count). The van der Waals surface area contributed by atoms with E-state index in [1.54, 1.807) is 31.3 Å². The zero-order valence-corrected chi connectivity index (χ0v) is 13.7. The molecule has 1 aromatic heterocycles. The SMILES string of the molecule is CCC(C(=O)N(C)CCC#N)n1nnc(-c2ccc(Cl)cc2)n1. The summed E-state index contributed by atoms with van der Waals surface area (Å²) in [4.78, 5) is 15.3. The van der Waals surface area contributed by atoms with Gasteiger partial charge in [0.2, 0.25) is 11.7 Å². The molecule has 1 amide bonds. The lowest BCUT2D eigenvalue weighted by atomic mass is 10.2. The number of amides is 1. The van der Waals surface area contributed by atoms with E-state index in [1.807, 2.05) is 13.0 Å². The van der Waals surface area contributed by atoms with Gasteiger partial charge in [0.15, 0.2) is 6.04 Å². The minimum Gasteiger partial charge on any atom is -0.343 e. The third-order valence-electron chi connectivity index (χ3n) is 3.42. The number of carbonyl (C=O) groups is 1. The van der Waals surface area contributed by atoms with Crippen LogP contribution in [0.15, 0.2) is 24.3 Å². The van der Waals surface area contributed by atoms with Gasteiger partial charge in [-0.2, -0.15) is 10.1 Å². The molecule has 0 bridgehead atoms. The quantitative estimate of drug-likeness (QED) is 0.810. The highest BCUT2D eigenvalue weighted by atomic mass is 35.5. The topological polar surface area (TPSA) is 87.7 Å². The highest BCUT2D eigenvalue weighted by molar-refractivity contribution is 6.30. The van der Waals surface area contributed by atoms with Gasteiger partial charge in [0.1, 0.15) is 0 Å². The average molecular weight is 333 g/mol. The number of halogens is 1. The second kappa shape index (κ2) is 7.70. The van der Waals surface area contributed by atoms with Crippen molar-refractivity contribution in [3.63, 3.8) is 0 Å². The molecule has 7 nitrogen and oxygen atoms in total. The first-order chi connectivity index (χ1) is 11.1. The summed E-state index contributed by atoms with van der Waals surface area (Å²) in [5, 5.41) is 21.6. The third kappa shape index (κ3) is 4.05. The van der Waals surface area contributed by atoms with Gasteiger partial charge >= 0.3 is 0 Å². The molecule has 1 atom stereocenters. The third-order valence-corrected chi connectivity index (χ3v) is 3.67. The Bertz CT molecular complexity index is 706. The molecule has 0 aliphatic carbocycles. The summed E-state index contributed by atoms with van der Waals surface area (Å²) >= 11 is 5.86. The first-order valence-electron chi connectivity index (χ1n) is 7.24. The molecule has 120 valence electrons. The van der Waals surface area contributed by atoms with Crippen molar-refractivity contribution >= 4 is 17.5 Å². The lowest BCUT2D eigenvalue weighted by Gasteiger charge is -2.21. The molecule has 0 saturated heterocycles. The zero-order valence-electron chi connectivity index (χ0n) is 13.0. The van der Waals surface area contributed by atoms with Crippen molar-refractivity contribution in [1.82, 2.24) is 25.1 Å². The van der Waals surface area contributed by atoms with E-state index in [-0.39, 0.29) is 5.91 Å². The number of likely N-dealkylation sites (N-methyl/N-ethyl adjacent to an activating group) is 1. The number of nitriles is 1. The molecule has 1 heterocycles. The van der Waals surface area contributed by atoms with Crippen LogP contribution in [0.4, 0.5) is 0 Å². The lowest BCUT2D eigenvalue weighted by molar-refractivity contribution is -0.134. The van der Waals surface area contributed by atoms with E-state index in [1.165, 1.54) is 9.70 Å². The number of rotatable bonds is 6. The molecule has 0 aliphatic rings. The van der Waals surface area contributed by atoms with Gasteiger partial charge in [0.25, 0.3) is 0 Å². The molecule has 0 aliphatic heterocycles. The Kier molecular flexibility index (Phi) is 5.66. The predicted molar refractivity (Wildman–Crippen MR) is 85.5 cm³/mol. The van der Waals surface area contributed by atoms with Gasteiger partial charge in [0, 0.05) is 24.2 Å². The minimum absolute atomic E-state index is 0.136. The molecular formula is C15H17ClN6O. The number of carbonyl (C=O) groups excluding carboxylic acids is 1. The second-order valence-corrected chi connectivity index (χ2v) is 5.47. The van der Waals surface area contributed by atoms with Gasteiger partial charge in [0.05, 0.1) is 12.5 Å². The first kappa shape index (κ1) is 16.9. The summed E-state index contributed by atoms with van der Waals surface area (Å²) < 4.78 is 0. The van der Waals surface area contributed by atoms with Crippen LogP contribution in [0.2, 0.25) is 5.02 Å². The summed E-state index contributed by atoms with van der Waals surface area (Å²) in [6.45, 7) is 2.26. The molecule has 1 aromatic carbocycles. The van der Waals surface area contributed by atoms with E-state index in [9.17, 15) is 4.79 Å². The van der Waals surface area contributed by atoms with E-state index < -0.39 is 6.04 Å². The second-order valence-electron chi connectivity index (χ2n) is 5.03. The van der Waals surface area contributed by atoms with Crippen molar-refractivity contribution in [2.45, 2.75) is 25.8 Å². The number of hydrogen-bond acceptors (Lipinski definition) is 5. The maximum atomic E-state index is 12.4. The Balaban J connectivity index is 2.18. The lowest BCUT2D eigenvalue weighted by Crippen LogP contribution is -2.35. The summed E-state index contributed by atoms with van der Waals surface area (Å²) in [5.41, 5.74) is 0.779. The van der Waals surface area contributed by atoms with Crippen LogP contribution >= 0.6 is 11.6 Å². The van der Waals surface area contributed by atoms with Crippen LogP contribution in [-0.4, -0.2) is 44.6 Å². The number of aromatic nitrogens is 4. The summed E-state index contributed by atoms with van der Waals surface area (Å²) in [5.74, 6) is 0.301. The maximum absolute atomic E-state index is 12.4. The van der Waals surface area contributed by atoms with E-state index in [2.05, 4.69) is 15.4 Å². The van der Waals surface area contributed by atoms with Crippen molar-refractivity contribution in [1.29, 1.82) is 5.26 Å². The smallest absolute Gasteiger partial charge is 0.249 e. The molecule has 23 heavy (non-hydrogen) atoms. The zero-order chi connectivity index (χ0) is 16.8. The molecule has 1 unspecified atom stereocenters. The fourth-order valence-electron chi connectivity index (χ4n) is 2.09. The number of hydrogen-bond donors (Lipinski definition) is 0. The Labute approximate surface area is 139 Å². The van der Waals surface area contributed by atoms with Crippen LogP contribution in [0.25, 0.3) is 11.4 Å². The minimum atomic E-state index is -0.535. The van der Waals surface area contributed by atoms with Crippen molar-refractivity contribution in [2.75, 3.05) is 13.6 Å². The summed E-state index contributed by atoms with van der Waals surface area (Å²) in [6, 6.07) is 8.58. The van der Waals surface area contributed by atoms with Crippen molar-refractivity contribution in [2.24, 2.45) is 0 Å². The summed E-state index contributed by atoms with van der Waals surface area (Å²) in [7, 11) is 1.67. The molecule has 0 saturated carbocycles. The van der Waals surface area contributed by atoms with Crippen LogP contribution in [0.1, 0.15) is 25.8 Å². The van der Waals surface area contributed by atoms with Gasteiger partial charge in [-0.3, -0.25) is 4.79 Å². The Morgan fingerprint density at radius 3 is 2.74 bits per heavy atom. The van der Waals surface area contributed by atoms with E-state index in [0.717, 1.165) is 5.56 Å². The predicted octanol–water partition coefficient (Wildman–Crippen LogP) is 2.32. The molecule has 8 heteroatoms. The van der Waals surface area contributed by atoms with Gasteiger partial charge in [-0.05, 0) is 35.9 Å². The Morgan fingerprint density at radius 1 is 1.43 bits per heavy atom. The molecule has 0 fully saturated rings. The molecule has 0 spiro atoms. The largest absolute Gasteiger partial charge is 0.343 e. The molecule has 0 N–H and O–H groups in total. The number of tetrazole rings is 1. The van der Waals surface area contributed by atoms with Gasteiger partial charge in [-0.15, -0.1) is 10.2 Å². The summed E-state index contributed by atoms with van der Waals surface area (Å²) in [6.07, 6.45) is 0.825. The van der Waals surface area contributed by atoms with Crippen LogP contribution in [0.5, 0.6) is 0 Å². The van der Waals surface area contributed by atoms with Crippen LogP contribution in [0, 0.1) is 11.3 Å². The highest BCUT2D eigenvalue weighted by Crippen LogP contribution is 2.19. The Morgan fingerprint density at radius 2 is 2.13 bits per heavy atom. The van der Waals surface area contributed by atoms with Gasteiger partial charge in [-0.1, -0.05) is 18.5 Å². The van der Waals surface area contributed by atoms with Crippen molar-refractivity contribution < 1.29 is 4.79 Å². The molecule has 2 aromatic rings. The van der Waals surface area contributed by atoms with E-state index in [0.29, 0.717) is 30.2 Å². The fraction of sp³-hybridized carbons (Fsp3) is 0.400. The van der Waals surface area contributed by atoms with E-state index >= 15 is 0 Å². The van der Waals surface area contributed by atoms with E-state index in [4.69, 9.17) is 16.9 Å². The fourth-order valence-corrected chi connectivity index (χ4v) is 2.22. The first-order valence-corrected chi connectivity index (χ1v) is 7.62. The van der Waals surface area contributed by atoms with Crippen LogP contribution in [-0.2, 0) is 4.79 Å². The highest BCUT2D eigenvalue weighted by Gasteiger charge is 2.24. The van der Waals surface area contributed by atoms with Crippen LogP contribution < -0.4 is 0 Å². The average Bonchev–Trinajstić information content (AvgIpc) is 3.03.